The van der Waals surface area contributed by atoms with Crippen LogP contribution in [-0.4, -0.2) is 35.9 Å². The number of benzene rings is 1. The summed E-state index contributed by atoms with van der Waals surface area (Å²) in [6.07, 6.45) is 0.894. The number of ether oxygens (including phenoxy) is 1. The Hall–Kier alpha value is -2.97. The maximum absolute atomic E-state index is 12.0. The third kappa shape index (κ3) is 8.30. The van der Waals surface area contributed by atoms with E-state index in [4.69, 9.17) is 0 Å². The van der Waals surface area contributed by atoms with Crippen molar-refractivity contribution in [3.8, 4) is 0 Å². The van der Waals surface area contributed by atoms with Gasteiger partial charge >= 0.3 is 5.97 Å². The van der Waals surface area contributed by atoms with E-state index >= 15 is 0 Å². The van der Waals surface area contributed by atoms with Gasteiger partial charge in [-0.25, -0.2) is 4.79 Å². The standard InChI is InChI=1S/C18H25N3O6/c1-12(2)10-15(18(24)27-3)20-17(23)9-5-8-16(22)19-13-6-4-7-14(11-13)21(25)26/h4,6-7,11-12,15H,5,8-10H2,1-3H3,(H,19,22)(H,20,23)/t15-/m0/s1. The minimum atomic E-state index is -0.707. The number of methoxy groups -OCH3 is 1. The van der Waals surface area contributed by atoms with Crippen molar-refractivity contribution >= 4 is 29.2 Å². The molecule has 27 heavy (non-hydrogen) atoms. The Labute approximate surface area is 157 Å². The van der Waals surface area contributed by atoms with E-state index in [-0.39, 0.29) is 42.7 Å². The van der Waals surface area contributed by atoms with E-state index in [1.165, 1.54) is 25.3 Å². The van der Waals surface area contributed by atoms with Crippen molar-refractivity contribution in [3.05, 3.63) is 34.4 Å². The molecule has 0 aromatic heterocycles. The quantitative estimate of drug-likeness (QED) is 0.365. The summed E-state index contributed by atoms with van der Waals surface area (Å²) in [6, 6.07) is 4.90. The van der Waals surface area contributed by atoms with E-state index in [0.29, 0.717) is 12.1 Å². The average molecular weight is 379 g/mol. The summed E-state index contributed by atoms with van der Waals surface area (Å²) in [5.41, 5.74) is 0.201. The van der Waals surface area contributed by atoms with Crippen LogP contribution in [0.1, 0.15) is 39.5 Å². The Morgan fingerprint density at radius 3 is 2.44 bits per heavy atom. The van der Waals surface area contributed by atoms with Gasteiger partial charge < -0.3 is 15.4 Å². The highest BCUT2D eigenvalue weighted by Gasteiger charge is 2.22. The molecular formula is C18H25N3O6. The lowest BCUT2D eigenvalue weighted by atomic mass is 10.0. The molecule has 2 N–H and O–H groups in total. The van der Waals surface area contributed by atoms with Crippen molar-refractivity contribution in [2.24, 2.45) is 5.92 Å². The predicted octanol–water partition coefficient (Wildman–Crippen LogP) is 2.41. The predicted molar refractivity (Wildman–Crippen MR) is 99.0 cm³/mol. The minimum Gasteiger partial charge on any atom is -0.467 e. The first kappa shape index (κ1) is 22.1. The Balaban J connectivity index is 2.43. The highest BCUT2D eigenvalue weighted by Crippen LogP contribution is 2.17. The molecule has 148 valence electrons. The van der Waals surface area contributed by atoms with Crippen LogP contribution in [0.15, 0.2) is 24.3 Å². The van der Waals surface area contributed by atoms with E-state index in [1.54, 1.807) is 6.07 Å². The highest BCUT2D eigenvalue weighted by atomic mass is 16.6. The maximum Gasteiger partial charge on any atom is 0.328 e. The van der Waals surface area contributed by atoms with Gasteiger partial charge in [-0.2, -0.15) is 0 Å². The number of rotatable bonds is 10. The lowest BCUT2D eigenvalue weighted by Gasteiger charge is -2.18. The van der Waals surface area contributed by atoms with E-state index in [9.17, 15) is 24.5 Å². The van der Waals surface area contributed by atoms with Crippen molar-refractivity contribution in [1.82, 2.24) is 5.32 Å². The molecule has 1 aromatic rings. The zero-order valence-electron chi connectivity index (χ0n) is 15.7. The largest absolute Gasteiger partial charge is 0.467 e. The molecule has 0 saturated heterocycles. The molecule has 0 spiro atoms. The van der Waals surface area contributed by atoms with Gasteiger partial charge in [-0.3, -0.25) is 19.7 Å². The number of nitro groups is 1. The van der Waals surface area contributed by atoms with Gasteiger partial charge in [-0.1, -0.05) is 19.9 Å². The van der Waals surface area contributed by atoms with Gasteiger partial charge in [0.2, 0.25) is 11.8 Å². The first-order valence-corrected chi connectivity index (χ1v) is 8.64. The lowest BCUT2D eigenvalue weighted by molar-refractivity contribution is -0.384. The van der Waals surface area contributed by atoms with E-state index in [2.05, 4.69) is 15.4 Å². The van der Waals surface area contributed by atoms with Crippen LogP contribution in [0.25, 0.3) is 0 Å². The number of nitro benzene ring substituents is 1. The van der Waals surface area contributed by atoms with E-state index in [0.717, 1.165) is 0 Å². The third-order valence-corrected chi connectivity index (χ3v) is 3.68. The van der Waals surface area contributed by atoms with Crippen LogP contribution in [0, 0.1) is 16.0 Å². The Kier molecular flexibility index (Phi) is 8.91. The molecule has 1 rings (SSSR count). The van der Waals surface area contributed by atoms with Crippen molar-refractivity contribution in [2.75, 3.05) is 12.4 Å². The molecule has 9 heteroatoms. The number of nitrogens with zero attached hydrogens (tertiary/aromatic N) is 1. The molecule has 0 aliphatic heterocycles. The number of amides is 2. The molecule has 0 heterocycles. The zero-order chi connectivity index (χ0) is 20.4. The van der Waals surface area contributed by atoms with Crippen LogP contribution < -0.4 is 10.6 Å². The van der Waals surface area contributed by atoms with E-state index < -0.39 is 16.9 Å². The molecule has 0 saturated carbocycles. The molecule has 0 unspecified atom stereocenters. The molecular weight excluding hydrogens is 354 g/mol. The van der Waals surface area contributed by atoms with Gasteiger partial charge in [0.25, 0.3) is 5.69 Å². The summed E-state index contributed by atoms with van der Waals surface area (Å²) in [7, 11) is 1.26. The second-order valence-corrected chi connectivity index (χ2v) is 6.48. The number of nitrogens with one attached hydrogen (secondary N) is 2. The zero-order valence-corrected chi connectivity index (χ0v) is 15.7. The number of hydrogen-bond donors (Lipinski definition) is 2. The monoisotopic (exact) mass is 379 g/mol. The van der Waals surface area contributed by atoms with Crippen LogP contribution in [0.2, 0.25) is 0 Å². The number of carbonyl (C=O) groups is 3. The summed E-state index contributed by atoms with van der Waals surface area (Å²) in [5, 5.41) is 15.9. The molecule has 1 atom stereocenters. The molecule has 0 aliphatic carbocycles. The smallest absolute Gasteiger partial charge is 0.328 e. The number of esters is 1. The lowest BCUT2D eigenvalue weighted by Crippen LogP contribution is -2.42. The van der Waals surface area contributed by atoms with Crippen molar-refractivity contribution in [2.45, 2.75) is 45.6 Å². The maximum atomic E-state index is 12.0. The van der Waals surface area contributed by atoms with Crippen LogP contribution in [0.4, 0.5) is 11.4 Å². The summed E-state index contributed by atoms with van der Waals surface area (Å²) in [6.45, 7) is 3.86. The second-order valence-electron chi connectivity index (χ2n) is 6.48. The Bertz CT molecular complexity index is 689. The number of non-ortho nitro benzene ring substituents is 1. The van der Waals surface area contributed by atoms with Crippen LogP contribution >= 0.6 is 0 Å². The molecule has 9 nitrogen and oxygen atoms in total. The van der Waals surface area contributed by atoms with Crippen molar-refractivity contribution < 1.29 is 24.0 Å². The fourth-order valence-corrected chi connectivity index (χ4v) is 2.42. The molecule has 1 aromatic carbocycles. The van der Waals surface area contributed by atoms with Crippen LogP contribution in [0.5, 0.6) is 0 Å². The van der Waals surface area contributed by atoms with Crippen LogP contribution in [-0.2, 0) is 19.1 Å². The molecule has 0 fully saturated rings. The third-order valence-electron chi connectivity index (χ3n) is 3.68. The first-order chi connectivity index (χ1) is 12.7. The average Bonchev–Trinajstić information content (AvgIpc) is 2.60. The highest BCUT2D eigenvalue weighted by molar-refractivity contribution is 5.91. The topological polar surface area (TPSA) is 128 Å². The summed E-state index contributed by atoms with van der Waals surface area (Å²) < 4.78 is 4.68. The summed E-state index contributed by atoms with van der Waals surface area (Å²) >= 11 is 0. The number of hydrogen-bond acceptors (Lipinski definition) is 6. The first-order valence-electron chi connectivity index (χ1n) is 8.64. The second kappa shape index (κ2) is 10.9. The number of anilines is 1. The minimum absolute atomic E-state index is 0.0726. The Morgan fingerprint density at radius 2 is 1.85 bits per heavy atom. The molecule has 2 amide bonds. The van der Waals surface area contributed by atoms with Gasteiger partial charge in [-0.05, 0) is 24.8 Å². The van der Waals surface area contributed by atoms with Crippen molar-refractivity contribution in [1.29, 1.82) is 0 Å². The van der Waals surface area contributed by atoms with Gasteiger partial charge in [0.15, 0.2) is 0 Å². The summed E-state index contributed by atoms with van der Waals surface area (Å²) in [4.78, 5) is 45.8. The molecule has 0 aliphatic rings. The van der Waals surface area contributed by atoms with Gasteiger partial charge in [0, 0.05) is 30.7 Å². The SMILES string of the molecule is COC(=O)[C@H](CC(C)C)NC(=O)CCCC(=O)Nc1cccc([N+](=O)[O-])c1. The van der Waals surface area contributed by atoms with Gasteiger partial charge in [-0.15, -0.1) is 0 Å². The van der Waals surface area contributed by atoms with Crippen LogP contribution in [0.3, 0.4) is 0 Å². The fourth-order valence-electron chi connectivity index (χ4n) is 2.42. The Morgan fingerprint density at radius 1 is 1.19 bits per heavy atom. The summed E-state index contributed by atoms with van der Waals surface area (Å²) in [5.74, 6) is -0.986. The number of carbonyl (C=O) groups excluding carboxylic acids is 3. The normalized spacial score (nSPS) is 11.6. The van der Waals surface area contributed by atoms with Gasteiger partial charge in [0.1, 0.15) is 6.04 Å². The fraction of sp³-hybridized carbons (Fsp3) is 0.500. The molecule has 0 bridgehead atoms. The molecule has 0 radical (unpaired) electrons. The van der Waals surface area contributed by atoms with Crippen molar-refractivity contribution in [3.63, 3.8) is 0 Å². The van der Waals surface area contributed by atoms with Gasteiger partial charge in [0.05, 0.1) is 12.0 Å². The van der Waals surface area contributed by atoms with E-state index in [1.807, 2.05) is 13.8 Å².